The molecule has 0 fully saturated rings. The summed E-state index contributed by atoms with van der Waals surface area (Å²) in [6, 6.07) is 16.5. The predicted octanol–water partition coefficient (Wildman–Crippen LogP) is 1.50. The molecule has 0 saturated heterocycles. The van der Waals surface area contributed by atoms with E-state index in [0.29, 0.717) is 0 Å². The Balaban J connectivity index is 1.71. The van der Waals surface area contributed by atoms with Gasteiger partial charge in [-0.1, -0.05) is 42.5 Å². The fourth-order valence-electron chi connectivity index (χ4n) is 2.08. The van der Waals surface area contributed by atoms with Gasteiger partial charge in [0.2, 0.25) is 11.8 Å². The molecule has 2 aromatic carbocycles. The van der Waals surface area contributed by atoms with Crippen LogP contribution < -0.4 is 20.9 Å². The third-order valence-corrected chi connectivity index (χ3v) is 3.50. The number of ether oxygens (including phenoxy) is 1. The maximum Gasteiger partial charge on any atom is 0.242 e. The zero-order valence-electron chi connectivity index (χ0n) is 13.7. The maximum atomic E-state index is 11.9. The van der Waals surface area contributed by atoms with E-state index < -0.39 is 0 Å². The van der Waals surface area contributed by atoms with Crippen molar-refractivity contribution >= 4 is 29.1 Å². The molecule has 130 valence electrons. The van der Waals surface area contributed by atoms with Crippen LogP contribution in [0.4, 0.5) is 0 Å². The van der Waals surface area contributed by atoms with Gasteiger partial charge in [0.15, 0.2) is 5.11 Å². The fraction of sp³-hybridized carbons (Fsp3) is 0.167. The van der Waals surface area contributed by atoms with Crippen molar-refractivity contribution in [2.45, 2.75) is 12.8 Å². The topological polar surface area (TPSA) is 79.5 Å². The minimum absolute atomic E-state index is 0.0416. The summed E-state index contributed by atoms with van der Waals surface area (Å²) in [4.78, 5) is 23.7. The SMILES string of the molecule is COc1ccc(CC(=O)NC(=S)NNC(=O)Cc2ccccc2)cc1. The molecule has 0 aliphatic heterocycles. The molecule has 0 aliphatic carbocycles. The average Bonchev–Trinajstić information content (AvgIpc) is 2.61. The lowest BCUT2D eigenvalue weighted by Gasteiger charge is -2.11. The second kappa shape index (κ2) is 9.39. The van der Waals surface area contributed by atoms with Crippen molar-refractivity contribution in [3.05, 3.63) is 65.7 Å². The molecule has 0 aromatic heterocycles. The average molecular weight is 357 g/mol. The summed E-state index contributed by atoms with van der Waals surface area (Å²) >= 11 is 4.99. The molecule has 2 aromatic rings. The van der Waals surface area contributed by atoms with Gasteiger partial charge in [0.25, 0.3) is 0 Å². The van der Waals surface area contributed by atoms with Crippen LogP contribution in [0.25, 0.3) is 0 Å². The van der Waals surface area contributed by atoms with E-state index in [4.69, 9.17) is 17.0 Å². The Bertz CT molecular complexity index is 733. The van der Waals surface area contributed by atoms with Crippen molar-refractivity contribution in [2.24, 2.45) is 0 Å². The van der Waals surface area contributed by atoms with E-state index in [1.807, 2.05) is 30.3 Å². The minimum Gasteiger partial charge on any atom is -0.497 e. The number of rotatable bonds is 5. The molecule has 25 heavy (non-hydrogen) atoms. The highest BCUT2D eigenvalue weighted by Gasteiger charge is 2.08. The van der Waals surface area contributed by atoms with Gasteiger partial charge < -0.3 is 10.1 Å². The number of hydrogen-bond acceptors (Lipinski definition) is 4. The molecule has 2 amide bonds. The van der Waals surface area contributed by atoms with Crippen LogP contribution in [0.5, 0.6) is 5.75 Å². The van der Waals surface area contributed by atoms with Gasteiger partial charge in [-0.15, -0.1) is 0 Å². The number of methoxy groups -OCH3 is 1. The zero-order chi connectivity index (χ0) is 18.1. The molecule has 3 N–H and O–H groups in total. The molecule has 0 heterocycles. The standard InChI is InChI=1S/C18H19N3O3S/c1-24-15-9-7-14(8-10-15)11-16(22)19-18(25)21-20-17(23)12-13-5-3-2-4-6-13/h2-10H,11-12H2,1H3,(H,20,23)(H2,19,21,22,25). The van der Waals surface area contributed by atoms with Crippen LogP contribution in [-0.2, 0) is 22.4 Å². The molecule has 7 heteroatoms. The molecule has 0 unspecified atom stereocenters. The van der Waals surface area contributed by atoms with Crippen LogP contribution in [0, 0.1) is 0 Å². The number of hydrogen-bond donors (Lipinski definition) is 3. The van der Waals surface area contributed by atoms with Gasteiger partial charge in [0.05, 0.1) is 20.0 Å². The Labute approximate surface area is 151 Å². The van der Waals surface area contributed by atoms with Crippen molar-refractivity contribution in [1.29, 1.82) is 0 Å². The van der Waals surface area contributed by atoms with Crippen LogP contribution in [0.1, 0.15) is 11.1 Å². The molecule has 0 saturated carbocycles. The largest absolute Gasteiger partial charge is 0.497 e. The molecule has 0 bridgehead atoms. The van der Waals surface area contributed by atoms with E-state index in [1.54, 1.807) is 31.4 Å². The van der Waals surface area contributed by atoms with E-state index in [-0.39, 0.29) is 29.8 Å². The molecular formula is C18H19N3O3S. The highest BCUT2D eigenvalue weighted by Crippen LogP contribution is 2.11. The van der Waals surface area contributed by atoms with Crippen molar-refractivity contribution in [1.82, 2.24) is 16.2 Å². The summed E-state index contributed by atoms with van der Waals surface area (Å²) in [6.07, 6.45) is 0.389. The van der Waals surface area contributed by atoms with E-state index >= 15 is 0 Å². The number of nitrogens with one attached hydrogen (secondary N) is 3. The van der Waals surface area contributed by atoms with Crippen LogP contribution in [-0.4, -0.2) is 24.0 Å². The molecule has 6 nitrogen and oxygen atoms in total. The van der Waals surface area contributed by atoms with Gasteiger partial charge in [-0.25, -0.2) is 0 Å². The second-order valence-corrected chi connectivity index (χ2v) is 5.65. The summed E-state index contributed by atoms with van der Waals surface area (Å²) in [5.41, 5.74) is 6.68. The Morgan fingerprint density at radius 3 is 2.12 bits per heavy atom. The summed E-state index contributed by atoms with van der Waals surface area (Å²) < 4.78 is 5.06. The summed E-state index contributed by atoms with van der Waals surface area (Å²) in [6.45, 7) is 0. The Kier molecular flexibility index (Phi) is 6.91. The Hall–Kier alpha value is -2.93. The number of amides is 2. The zero-order valence-corrected chi connectivity index (χ0v) is 14.6. The molecule has 2 rings (SSSR count). The normalized spacial score (nSPS) is 9.80. The van der Waals surface area contributed by atoms with Gasteiger partial charge in [-0.2, -0.15) is 0 Å². The van der Waals surface area contributed by atoms with E-state index in [1.165, 1.54) is 0 Å². The first kappa shape index (κ1) is 18.4. The highest BCUT2D eigenvalue weighted by atomic mass is 32.1. The van der Waals surface area contributed by atoms with Gasteiger partial charge in [-0.05, 0) is 35.5 Å². The van der Waals surface area contributed by atoms with E-state index in [9.17, 15) is 9.59 Å². The van der Waals surface area contributed by atoms with Crippen molar-refractivity contribution in [3.8, 4) is 5.75 Å². The Morgan fingerprint density at radius 1 is 0.880 bits per heavy atom. The highest BCUT2D eigenvalue weighted by molar-refractivity contribution is 7.80. The molecule has 0 radical (unpaired) electrons. The van der Waals surface area contributed by atoms with Crippen LogP contribution in [0.3, 0.4) is 0 Å². The van der Waals surface area contributed by atoms with Crippen LogP contribution >= 0.6 is 12.2 Å². The van der Waals surface area contributed by atoms with Gasteiger partial charge >= 0.3 is 0 Å². The quantitative estimate of drug-likeness (QED) is 0.558. The number of carbonyl (C=O) groups excluding carboxylic acids is 2. The molecular weight excluding hydrogens is 338 g/mol. The molecule has 0 atom stereocenters. The first-order valence-corrected chi connectivity index (χ1v) is 8.03. The second-order valence-electron chi connectivity index (χ2n) is 5.24. The third-order valence-electron chi connectivity index (χ3n) is 3.30. The van der Waals surface area contributed by atoms with E-state index in [0.717, 1.165) is 16.9 Å². The van der Waals surface area contributed by atoms with Crippen LogP contribution in [0.15, 0.2) is 54.6 Å². The first-order chi connectivity index (χ1) is 12.1. The maximum absolute atomic E-state index is 11.9. The van der Waals surface area contributed by atoms with Gasteiger partial charge in [0.1, 0.15) is 5.75 Å². The number of carbonyl (C=O) groups is 2. The monoisotopic (exact) mass is 357 g/mol. The molecule has 0 aliphatic rings. The summed E-state index contributed by atoms with van der Waals surface area (Å²) in [7, 11) is 1.58. The third kappa shape index (κ3) is 6.60. The van der Waals surface area contributed by atoms with Crippen molar-refractivity contribution < 1.29 is 14.3 Å². The van der Waals surface area contributed by atoms with Crippen LogP contribution in [0.2, 0.25) is 0 Å². The number of benzene rings is 2. The Morgan fingerprint density at radius 2 is 1.48 bits per heavy atom. The minimum atomic E-state index is -0.278. The van der Waals surface area contributed by atoms with Crippen molar-refractivity contribution in [3.63, 3.8) is 0 Å². The smallest absolute Gasteiger partial charge is 0.242 e. The summed E-state index contributed by atoms with van der Waals surface area (Å²) in [5.74, 6) is 0.195. The number of thiocarbonyl (C=S) groups is 1. The van der Waals surface area contributed by atoms with Gasteiger partial charge in [-0.3, -0.25) is 20.4 Å². The fourth-order valence-corrected chi connectivity index (χ4v) is 2.25. The number of hydrazine groups is 1. The lowest BCUT2D eigenvalue weighted by Crippen LogP contribution is -2.49. The first-order valence-electron chi connectivity index (χ1n) is 7.62. The van der Waals surface area contributed by atoms with Gasteiger partial charge in [0, 0.05) is 0 Å². The van der Waals surface area contributed by atoms with Crippen molar-refractivity contribution in [2.75, 3.05) is 7.11 Å². The molecule has 0 spiro atoms. The lowest BCUT2D eigenvalue weighted by molar-refractivity contribution is -0.121. The summed E-state index contributed by atoms with van der Waals surface area (Å²) in [5, 5.41) is 2.55. The predicted molar refractivity (Wildman–Crippen MR) is 98.9 cm³/mol. The van der Waals surface area contributed by atoms with E-state index in [2.05, 4.69) is 16.2 Å². The lowest BCUT2D eigenvalue weighted by atomic mass is 10.1.